The van der Waals surface area contributed by atoms with Crippen LogP contribution in [0.5, 0.6) is 0 Å². The van der Waals surface area contributed by atoms with Gasteiger partial charge in [0, 0.05) is 5.88 Å². The Labute approximate surface area is 69.0 Å². The van der Waals surface area contributed by atoms with Gasteiger partial charge in [-0.05, 0) is 24.2 Å². The van der Waals surface area contributed by atoms with Gasteiger partial charge in [0.1, 0.15) is 0 Å². The zero-order valence-electron chi connectivity index (χ0n) is 6.99. The molecule has 60 valence electrons. The van der Waals surface area contributed by atoms with E-state index in [2.05, 4.69) is 13.8 Å². The SMILES string of the molecule is CCC1(CC)CC1CCCl. The molecule has 0 amide bonds. The van der Waals surface area contributed by atoms with Crippen LogP contribution in [0.15, 0.2) is 0 Å². The van der Waals surface area contributed by atoms with Crippen molar-refractivity contribution in [3.63, 3.8) is 0 Å². The van der Waals surface area contributed by atoms with Crippen molar-refractivity contribution in [1.82, 2.24) is 0 Å². The second-order valence-corrected chi connectivity index (χ2v) is 3.83. The molecule has 0 bridgehead atoms. The molecule has 1 saturated carbocycles. The van der Waals surface area contributed by atoms with Crippen LogP contribution in [0.1, 0.15) is 39.5 Å². The van der Waals surface area contributed by atoms with Crippen molar-refractivity contribution >= 4 is 11.6 Å². The molecule has 0 radical (unpaired) electrons. The summed E-state index contributed by atoms with van der Waals surface area (Å²) in [7, 11) is 0. The third-order valence-electron chi connectivity index (χ3n) is 3.22. The molecule has 1 fully saturated rings. The van der Waals surface area contributed by atoms with Gasteiger partial charge in [-0.1, -0.05) is 26.7 Å². The predicted molar refractivity (Wildman–Crippen MR) is 46.5 cm³/mol. The minimum atomic E-state index is 0.717. The molecule has 1 unspecified atom stereocenters. The van der Waals surface area contributed by atoms with Crippen LogP contribution in [0, 0.1) is 11.3 Å². The summed E-state index contributed by atoms with van der Waals surface area (Å²) >= 11 is 5.68. The van der Waals surface area contributed by atoms with Crippen molar-refractivity contribution in [3.8, 4) is 0 Å². The Bertz CT molecular complexity index is 105. The molecule has 1 atom stereocenters. The van der Waals surface area contributed by atoms with E-state index in [1.165, 1.54) is 25.7 Å². The lowest BCUT2D eigenvalue weighted by Gasteiger charge is -2.10. The summed E-state index contributed by atoms with van der Waals surface area (Å²) in [5.41, 5.74) is 0.717. The average molecular weight is 161 g/mol. The van der Waals surface area contributed by atoms with E-state index < -0.39 is 0 Å². The maximum absolute atomic E-state index is 5.68. The molecule has 1 aliphatic carbocycles. The van der Waals surface area contributed by atoms with Crippen LogP contribution in [0.3, 0.4) is 0 Å². The topological polar surface area (TPSA) is 0 Å². The zero-order valence-corrected chi connectivity index (χ0v) is 7.75. The molecular weight excluding hydrogens is 144 g/mol. The first-order chi connectivity index (χ1) is 4.79. The number of hydrogen-bond donors (Lipinski definition) is 0. The van der Waals surface area contributed by atoms with Gasteiger partial charge in [-0.15, -0.1) is 11.6 Å². The standard InChI is InChI=1S/C9H17Cl/c1-3-9(4-2)7-8(9)5-6-10/h8H,3-7H2,1-2H3. The molecule has 0 spiro atoms. The van der Waals surface area contributed by atoms with Crippen LogP contribution in [-0.4, -0.2) is 5.88 Å². The van der Waals surface area contributed by atoms with Gasteiger partial charge in [-0.25, -0.2) is 0 Å². The molecule has 1 aliphatic rings. The van der Waals surface area contributed by atoms with E-state index in [-0.39, 0.29) is 0 Å². The van der Waals surface area contributed by atoms with Gasteiger partial charge in [0.15, 0.2) is 0 Å². The highest BCUT2D eigenvalue weighted by Gasteiger charge is 2.49. The maximum atomic E-state index is 5.68. The molecule has 0 aromatic rings. The van der Waals surface area contributed by atoms with Crippen LogP contribution in [0.4, 0.5) is 0 Å². The fourth-order valence-electron chi connectivity index (χ4n) is 2.09. The lowest BCUT2D eigenvalue weighted by molar-refractivity contribution is 0.417. The summed E-state index contributed by atoms with van der Waals surface area (Å²) in [6, 6.07) is 0. The smallest absolute Gasteiger partial charge is 0.0226 e. The van der Waals surface area contributed by atoms with Crippen LogP contribution in [0.25, 0.3) is 0 Å². The summed E-state index contributed by atoms with van der Waals surface area (Å²) in [6.07, 6.45) is 5.38. The fourth-order valence-corrected chi connectivity index (χ4v) is 2.35. The Morgan fingerprint density at radius 3 is 2.30 bits per heavy atom. The Morgan fingerprint density at radius 2 is 2.00 bits per heavy atom. The maximum Gasteiger partial charge on any atom is 0.0226 e. The molecule has 10 heavy (non-hydrogen) atoms. The fraction of sp³-hybridized carbons (Fsp3) is 1.00. The van der Waals surface area contributed by atoms with Crippen LogP contribution in [-0.2, 0) is 0 Å². The van der Waals surface area contributed by atoms with Gasteiger partial charge in [-0.2, -0.15) is 0 Å². The lowest BCUT2D eigenvalue weighted by atomic mass is 9.96. The third kappa shape index (κ3) is 1.32. The largest absolute Gasteiger partial charge is 0.127 e. The average Bonchev–Trinajstić information content (AvgIpc) is 2.65. The minimum Gasteiger partial charge on any atom is -0.127 e. The van der Waals surface area contributed by atoms with Crippen molar-refractivity contribution in [1.29, 1.82) is 0 Å². The van der Waals surface area contributed by atoms with Crippen molar-refractivity contribution < 1.29 is 0 Å². The highest BCUT2D eigenvalue weighted by molar-refractivity contribution is 6.17. The van der Waals surface area contributed by atoms with E-state index >= 15 is 0 Å². The molecule has 0 aliphatic heterocycles. The monoisotopic (exact) mass is 160 g/mol. The summed E-state index contributed by atoms with van der Waals surface area (Å²) in [5.74, 6) is 1.81. The van der Waals surface area contributed by atoms with Crippen molar-refractivity contribution in [3.05, 3.63) is 0 Å². The predicted octanol–water partition coefficient (Wildman–Crippen LogP) is 3.44. The molecule has 0 heterocycles. The third-order valence-corrected chi connectivity index (χ3v) is 3.44. The van der Waals surface area contributed by atoms with Gasteiger partial charge >= 0.3 is 0 Å². The van der Waals surface area contributed by atoms with Crippen LogP contribution < -0.4 is 0 Å². The zero-order chi connectivity index (χ0) is 7.61. The van der Waals surface area contributed by atoms with Gasteiger partial charge in [0.25, 0.3) is 0 Å². The van der Waals surface area contributed by atoms with Gasteiger partial charge < -0.3 is 0 Å². The normalized spacial score (nSPS) is 28.5. The second-order valence-electron chi connectivity index (χ2n) is 3.45. The molecule has 0 aromatic heterocycles. The van der Waals surface area contributed by atoms with Crippen LogP contribution in [0.2, 0.25) is 0 Å². The number of hydrogen-bond acceptors (Lipinski definition) is 0. The molecule has 0 aromatic carbocycles. The van der Waals surface area contributed by atoms with E-state index in [4.69, 9.17) is 11.6 Å². The van der Waals surface area contributed by atoms with Crippen molar-refractivity contribution in [2.24, 2.45) is 11.3 Å². The molecule has 1 heteroatoms. The van der Waals surface area contributed by atoms with E-state index in [1.807, 2.05) is 0 Å². The summed E-state index contributed by atoms with van der Waals surface area (Å²) in [6.45, 7) is 4.61. The quantitative estimate of drug-likeness (QED) is 0.553. The van der Waals surface area contributed by atoms with E-state index in [1.54, 1.807) is 0 Å². The first-order valence-corrected chi connectivity index (χ1v) is 4.88. The van der Waals surface area contributed by atoms with Gasteiger partial charge in [0.05, 0.1) is 0 Å². The molecule has 0 saturated heterocycles. The molecule has 1 rings (SSSR count). The molecule has 0 N–H and O–H groups in total. The van der Waals surface area contributed by atoms with E-state index in [0.29, 0.717) is 0 Å². The van der Waals surface area contributed by atoms with E-state index in [9.17, 15) is 0 Å². The minimum absolute atomic E-state index is 0.717. The Kier molecular flexibility index (Phi) is 2.62. The van der Waals surface area contributed by atoms with Gasteiger partial charge in [0.2, 0.25) is 0 Å². The number of rotatable bonds is 4. The number of halogens is 1. The highest BCUT2D eigenvalue weighted by Crippen LogP contribution is 2.59. The summed E-state index contributed by atoms with van der Waals surface area (Å²) < 4.78 is 0. The lowest BCUT2D eigenvalue weighted by Crippen LogP contribution is -2.00. The molecule has 0 nitrogen and oxygen atoms in total. The first kappa shape index (κ1) is 8.39. The summed E-state index contributed by atoms with van der Waals surface area (Å²) in [5, 5.41) is 0. The number of alkyl halides is 1. The van der Waals surface area contributed by atoms with Gasteiger partial charge in [-0.3, -0.25) is 0 Å². The van der Waals surface area contributed by atoms with Crippen molar-refractivity contribution in [2.45, 2.75) is 39.5 Å². The van der Waals surface area contributed by atoms with E-state index in [0.717, 1.165) is 17.2 Å². The summed E-state index contributed by atoms with van der Waals surface area (Å²) in [4.78, 5) is 0. The van der Waals surface area contributed by atoms with Crippen molar-refractivity contribution in [2.75, 3.05) is 5.88 Å². The molecular formula is C9H17Cl. The first-order valence-electron chi connectivity index (χ1n) is 4.35. The Hall–Kier alpha value is 0.290. The van der Waals surface area contributed by atoms with Crippen LogP contribution >= 0.6 is 11.6 Å². The highest BCUT2D eigenvalue weighted by atomic mass is 35.5. The Morgan fingerprint density at radius 1 is 1.40 bits per heavy atom. The second kappa shape index (κ2) is 3.13. The Balaban J connectivity index is 2.30.